The van der Waals surface area contributed by atoms with Crippen LogP contribution in [0.25, 0.3) is 0 Å². The van der Waals surface area contributed by atoms with Crippen LogP contribution in [0.2, 0.25) is 0 Å². The summed E-state index contributed by atoms with van der Waals surface area (Å²) in [5.74, 6) is -0.642. The van der Waals surface area contributed by atoms with E-state index in [9.17, 15) is 14.0 Å². The monoisotopic (exact) mass is 248 g/mol. The standard InChI is InChI=1S/C13H13FN2O2/c1-12(2)7-13(12)10(17)16(11(18)15-13)9-5-3-8(14)4-6-9/h3-6H,7H2,1-2H3,(H,15,18). The lowest BCUT2D eigenvalue weighted by atomic mass is 10.0. The van der Waals surface area contributed by atoms with Crippen LogP contribution in [0.4, 0.5) is 14.9 Å². The second-order valence-electron chi connectivity index (χ2n) is 5.51. The van der Waals surface area contributed by atoms with Crippen LogP contribution in [0.15, 0.2) is 24.3 Å². The number of carbonyl (C=O) groups excluding carboxylic acids is 2. The lowest BCUT2D eigenvalue weighted by Crippen LogP contribution is -2.36. The van der Waals surface area contributed by atoms with Gasteiger partial charge in [-0.05, 0) is 36.1 Å². The second-order valence-corrected chi connectivity index (χ2v) is 5.51. The van der Waals surface area contributed by atoms with Gasteiger partial charge in [-0.2, -0.15) is 0 Å². The van der Waals surface area contributed by atoms with E-state index in [-0.39, 0.29) is 11.3 Å². The Labute approximate surface area is 104 Å². The number of imide groups is 1. The molecule has 1 aliphatic carbocycles. The molecular weight excluding hydrogens is 235 g/mol. The Morgan fingerprint density at radius 2 is 1.78 bits per heavy atom. The predicted molar refractivity (Wildman–Crippen MR) is 63.5 cm³/mol. The number of amides is 3. The fraction of sp³-hybridized carbons (Fsp3) is 0.385. The van der Waals surface area contributed by atoms with Crippen molar-refractivity contribution in [2.75, 3.05) is 4.90 Å². The molecule has 1 atom stereocenters. The summed E-state index contributed by atoms with van der Waals surface area (Å²) in [7, 11) is 0. The van der Waals surface area contributed by atoms with E-state index in [1.165, 1.54) is 24.3 Å². The maximum absolute atomic E-state index is 12.9. The Bertz CT molecular complexity index is 553. The summed E-state index contributed by atoms with van der Waals surface area (Å²) in [4.78, 5) is 25.4. The minimum Gasteiger partial charge on any atom is -0.322 e. The molecule has 1 aliphatic heterocycles. The predicted octanol–water partition coefficient (Wildman–Crippen LogP) is 2.05. The van der Waals surface area contributed by atoms with Crippen LogP contribution in [0, 0.1) is 11.2 Å². The fourth-order valence-electron chi connectivity index (χ4n) is 2.60. The van der Waals surface area contributed by atoms with Crippen LogP contribution in [-0.2, 0) is 4.79 Å². The molecule has 2 aliphatic rings. The second kappa shape index (κ2) is 3.10. The summed E-state index contributed by atoms with van der Waals surface area (Å²) >= 11 is 0. The number of hydrogen-bond acceptors (Lipinski definition) is 2. The van der Waals surface area contributed by atoms with Crippen molar-refractivity contribution in [2.24, 2.45) is 5.41 Å². The van der Waals surface area contributed by atoms with Gasteiger partial charge in [0.25, 0.3) is 5.91 Å². The van der Waals surface area contributed by atoms with E-state index in [2.05, 4.69) is 5.32 Å². The van der Waals surface area contributed by atoms with E-state index < -0.39 is 17.4 Å². The highest BCUT2D eigenvalue weighted by Crippen LogP contribution is 2.58. The van der Waals surface area contributed by atoms with Crippen molar-refractivity contribution < 1.29 is 14.0 Å². The van der Waals surface area contributed by atoms with Gasteiger partial charge in [0.2, 0.25) is 0 Å². The Morgan fingerprint density at radius 3 is 2.22 bits per heavy atom. The van der Waals surface area contributed by atoms with Gasteiger partial charge in [0.15, 0.2) is 0 Å². The molecule has 3 amide bonds. The summed E-state index contributed by atoms with van der Waals surface area (Å²) in [5.41, 5.74) is -0.578. The highest BCUT2D eigenvalue weighted by Gasteiger charge is 2.72. The quantitative estimate of drug-likeness (QED) is 0.773. The topological polar surface area (TPSA) is 49.4 Å². The van der Waals surface area contributed by atoms with Crippen molar-refractivity contribution in [3.8, 4) is 0 Å². The Balaban J connectivity index is 1.97. The van der Waals surface area contributed by atoms with E-state index in [0.717, 1.165) is 4.90 Å². The zero-order valence-electron chi connectivity index (χ0n) is 10.2. The third-order valence-electron chi connectivity index (χ3n) is 3.91. The first kappa shape index (κ1) is 11.2. The molecule has 0 radical (unpaired) electrons. The number of halogens is 1. The SMILES string of the molecule is CC1(C)CC12NC(=O)N(c1ccc(F)cc1)C2=O. The largest absolute Gasteiger partial charge is 0.329 e. The number of rotatable bonds is 1. The molecular formula is C13H13FN2O2. The summed E-state index contributed by atoms with van der Waals surface area (Å²) in [6, 6.07) is 4.90. The van der Waals surface area contributed by atoms with E-state index in [1.54, 1.807) is 0 Å². The molecule has 1 aromatic rings. The van der Waals surface area contributed by atoms with Gasteiger partial charge in [-0.15, -0.1) is 0 Å². The number of urea groups is 1. The average molecular weight is 248 g/mol. The number of nitrogens with one attached hydrogen (secondary N) is 1. The molecule has 1 aromatic carbocycles. The van der Waals surface area contributed by atoms with Gasteiger partial charge < -0.3 is 5.32 Å². The molecule has 18 heavy (non-hydrogen) atoms. The van der Waals surface area contributed by atoms with E-state index in [4.69, 9.17) is 0 Å². The molecule has 94 valence electrons. The smallest absolute Gasteiger partial charge is 0.322 e. The third-order valence-corrected chi connectivity index (χ3v) is 3.91. The Kier molecular flexibility index (Phi) is 1.93. The molecule has 1 spiro atoms. The van der Waals surface area contributed by atoms with Gasteiger partial charge in [0, 0.05) is 0 Å². The van der Waals surface area contributed by atoms with Crippen LogP contribution in [0.5, 0.6) is 0 Å². The fourth-order valence-corrected chi connectivity index (χ4v) is 2.60. The summed E-state index contributed by atoms with van der Waals surface area (Å²) in [5, 5.41) is 2.75. The maximum Gasteiger partial charge on any atom is 0.329 e. The lowest BCUT2D eigenvalue weighted by Gasteiger charge is -2.14. The molecule has 0 bridgehead atoms. The van der Waals surface area contributed by atoms with E-state index in [1.807, 2.05) is 13.8 Å². The van der Waals surface area contributed by atoms with Gasteiger partial charge in [-0.25, -0.2) is 14.1 Å². The summed E-state index contributed by atoms with van der Waals surface area (Å²) in [6.07, 6.45) is 0.641. The van der Waals surface area contributed by atoms with Crippen molar-refractivity contribution in [1.29, 1.82) is 0 Å². The number of carbonyl (C=O) groups is 2. The minimum atomic E-state index is -0.765. The highest BCUT2D eigenvalue weighted by atomic mass is 19.1. The summed E-state index contributed by atoms with van der Waals surface area (Å²) < 4.78 is 12.9. The molecule has 1 heterocycles. The highest BCUT2D eigenvalue weighted by molar-refractivity contribution is 6.25. The van der Waals surface area contributed by atoms with Crippen LogP contribution >= 0.6 is 0 Å². The van der Waals surface area contributed by atoms with Crippen molar-refractivity contribution in [3.63, 3.8) is 0 Å². The van der Waals surface area contributed by atoms with Crippen molar-refractivity contribution in [3.05, 3.63) is 30.1 Å². The van der Waals surface area contributed by atoms with Gasteiger partial charge in [-0.1, -0.05) is 13.8 Å². The number of hydrogen-bond donors (Lipinski definition) is 1. The molecule has 3 rings (SSSR count). The molecule has 1 saturated carbocycles. The molecule has 2 fully saturated rings. The summed E-state index contributed by atoms with van der Waals surface area (Å²) in [6.45, 7) is 3.89. The number of anilines is 1. The van der Waals surface area contributed by atoms with Crippen molar-refractivity contribution in [2.45, 2.75) is 25.8 Å². The first-order valence-electron chi connectivity index (χ1n) is 5.80. The van der Waals surface area contributed by atoms with Crippen LogP contribution in [-0.4, -0.2) is 17.5 Å². The van der Waals surface area contributed by atoms with Gasteiger partial charge in [0.05, 0.1) is 5.69 Å². The number of benzene rings is 1. The van der Waals surface area contributed by atoms with E-state index >= 15 is 0 Å². The normalized spacial score (nSPS) is 28.7. The molecule has 1 saturated heterocycles. The molecule has 0 aromatic heterocycles. The van der Waals surface area contributed by atoms with Crippen molar-refractivity contribution in [1.82, 2.24) is 5.32 Å². The van der Waals surface area contributed by atoms with Gasteiger partial charge in [-0.3, -0.25) is 4.79 Å². The first-order valence-corrected chi connectivity index (χ1v) is 5.80. The zero-order valence-corrected chi connectivity index (χ0v) is 10.2. The molecule has 5 heteroatoms. The molecule has 1 N–H and O–H groups in total. The third kappa shape index (κ3) is 1.24. The Morgan fingerprint density at radius 1 is 1.22 bits per heavy atom. The van der Waals surface area contributed by atoms with Gasteiger partial charge >= 0.3 is 6.03 Å². The van der Waals surface area contributed by atoms with E-state index in [0.29, 0.717) is 12.1 Å². The maximum atomic E-state index is 12.9. The lowest BCUT2D eigenvalue weighted by molar-refractivity contribution is -0.119. The first-order chi connectivity index (χ1) is 8.37. The van der Waals surface area contributed by atoms with Crippen molar-refractivity contribution >= 4 is 17.6 Å². The van der Waals surface area contributed by atoms with Gasteiger partial charge in [0.1, 0.15) is 11.4 Å². The number of nitrogens with zero attached hydrogens (tertiary/aromatic N) is 1. The zero-order chi connectivity index (χ0) is 13.1. The van der Waals surface area contributed by atoms with Crippen LogP contribution in [0.1, 0.15) is 20.3 Å². The molecule has 1 unspecified atom stereocenters. The Hall–Kier alpha value is -1.91. The van der Waals surface area contributed by atoms with Crippen LogP contribution in [0.3, 0.4) is 0 Å². The molecule has 4 nitrogen and oxygen atoms in total. The minimum absolute atomic E-state index is 0.214. The average Bonchev–Trinajstić information content (AvgIpc) is 2.74. The van der Waals surface area contributed by atoms with Crippen LogP contribution < -0.4 is 10.2 Å².